The molecule has 3 rings (SSSR count). The number of rotatable bonds is 5. The second-order valence-corrected chi connectivity index (χ2v) is 7.58. The fourth-order valence-corrected chi connectivity index (χ4v) is 3.99. The summed E-state index contributed by atoms with van der Waals surface area (Å²) in [6.07, 6.45) is 2.23. The molecular weight excluding hydrogens is 369 g/mol. The van der Waals surface area contributed by atoms with E-state index >= 15 is 0 Å². The summed E-state index contributed by atoms with van der Waals surface area (Å²) in [4.78, 5) is 14.6. The van der Waals surface area contributed by atoms with Gasteiger partial charge >= 0.3 is 0 Å². The van der Waals surface area contributed by atoms with Crippen molar-refractivity contribution in [3.8, 4) is 5.75 Å². The molecule has 1 fully saturated rings. The van der Waals surface area contributed by atoms with Crippen LogP contribution in [0, 0.1) is 11.2 Å². The molecule has 0 aliphatic carbocycles. The standard InChI is InChI=1S/C21H23ClFNO3/c1-27-19-7-6-16(11-18(19)23)20(26)24-9-3-8-21(13-24,14-25)12-15-4-2-5-17(22)10-15/h2,4-7,10-11,25H,3,8-9,12-14H2,1H3/t21-/m1/s1. The van der Waals surface area contributed by atoms with Crippen molar-refractivity contribution in [2.24, 2.45) is 5.41 Å². The van der Waals surface area contributed by atoms with Crippen LogP contribution in [0.1, 0.15) is 28.8 Å². The molecule has 1 aliphatic heterocycles. The van der Waals surface area contributed by atoms with Crippen LogP contribution in [0.25, 0.3) is 0 Å². The summed E-state index contributed by atoms with van der Waals surface area (Å²) >= 11 is 6.08. The second kappa shape index (κ2) is 8.28. The number of nitrogens with zero attached hydrogens (tertiary/aromatic N) is 1. The normalized spacial score (nSPS) is 19.8. The minimum absolute atomic E-state index is 0.0275. The predicted molar refractivity (Wildman–Crippen MR) is 103 cm³/mol. The van der Waals surface area contributed by atoms with E-state index in [2.05, 4.69) is 0 Å². The first-order valence-electron chi connectivity index (χ1n) is 8.94. The topological polar surface area (TPSA) is 49.8 Å². The Bertz CT molecular complexity index is 829. The van der Waals surface area contributed by atoms with Crippen LogP contribution in [0.5, 0.6) is 5.75 Å². The Morgan fingerprint density at radius 1 is 1.33 bits per heavy atom. The molecule has 1 saturated heterocycles. The van der Waals surface area contributed by atoms with E-state index in [-0.39, 0.29) is 23.8 Å². The van der Waals surface area contributed by atoms with Crippen molar-refractivity contribution in [3.63, 3.8) is 0 Å². The lowest BCUT2D eigenvalue weighted by atomic mass is 9.75. The van der Waals surface area contributed by atoms with Crippen molar-refractivity contribution in [1.82, 2.24) is 4.90 Å². The third-order valence-corrected chi connectivity index (χ3v) is 5.39. The molecule has 1 heterocycles. The van der Waals surface area contributed by atoms with Crippen molar-refractivity contribution < 1.29 is 19.0 Å². The highest BCUT2D eigenvalue weighted by Gasteiger charge is 2.37. The zero-order valence-corrected chi connectivity index (χ0v) is 16.0. The average Bonchev–Trinajstić information content (AvgIpc) is 2.67. The SMILES string of the molecule is COc1ccc(C(=O)N2CCC[C@@](CO)(Cc3cccc(Cl)c3)C2)cc1F. The maximum atomic E-state index is 14.0. The quantitative estimate of drug-likeness (QED) is 0.839. The van der Waals surface area contributed by atoms with Crippen LogP contribution >= 0.6 is 11.6 Å². The van der Waals surface area contributed by atoms with Gasteiger partial charge in [0.1, 0.15) is 0 Å². The van der Waals surface area contributed by atoms with Crippen LogP contribution in [0.15, 0.2) is 42.5 Å². The molecule has 2 aromatic rings. The highest BCUT2D eigenvalue weighted by molar-refractivity contribution is 6.30. The molecule has 1 atom stereocenters. The number of carbonyl (C=O) groups excluding carboxylic acids is 1. The fourth-order valence-electron chi connectivity index (χ4n) is 3.77. The number of hydrogen-bond donors (Lipinski definition) is 1. The van der Waals surface area contributed by atoms with Gasteiger partial charge in [0, 0.05) is 29.1 Å². The van der Waals surface area contributed by atoms with Crippen molar-refractivity contribution >= 4 is 17.5 Å². The van der Waals surface area contributed by atoms with Crippen molar-refractivity contribution in [2.45, 2.75) is 19.3 Å². The maximum absolute atomic E-state index is 14.0. The lowest BCUT2D eigenvalue weighted by molar-refractivity contribution is 0.0271. The number of piperidine rings is 1. The van der Waals surface area contributed by atoms with Crippen LogP contribution in [-0.4, -0.2) is 42.7 Å². The van der Waals surface area contributed by atoms with Crippen LogP contribution in [0.3, 0.4) is 0 Å². The van der Waals surface area contributed by atoms with E-state index in [9.17, 15) is 14.3 Å². The number of amides is 1. The molecule has 0 unspecified atom stereocenters. The molecule has 0 radical (unpaired) electrons. The molecule has 2 aromatic carbocycles. The monoisotopic (exact) mass is 391 g/mol. The van der Waals surface area contributed by atoms with E-state index in [1.165, 1.54) is 19.2 Å². The summed E-state index contributed by atoms with van der Waals surface area (Å²) in [5.74, 6) is -0.691. The minimum Gasteiger partial charge on any atom is -0.494 e. The molecule has 144 valence electrons. The lowest BCUT2D eigenvalue weighted by Gasteiger charge is -2.42. The van der Waals surface area contributed by atoms with Gasteiger partial charge in [-0.1, -0.05) is 23.7 Å². The summed E-state index contributed by atoms with van der Waals surface area (Å²) in [7, 11) is 1.38. The number of likely N-dealkylation sites (tertiary alicyclic amines) is 1. The molecular formula is C21H23ClFNO3. The van der Waals surface area contributed by atoms with Crippen molar-refractivity contribution in [3.05, 3.63) is 64.4 Å². The van der Waals surface area contributed by atoms with Gasteiger partial charge in [-0.3, -0.25) is 4.79 Å². The molecule has 4 nitrogen and oxygen atoms in total. The van der Waals surface area contributed by atoms with E-state index < -0.39 is 11.2 Å². The molecule has 0 aromatic heterocycles. The number of aliphatic hydroxyl groups excluding tert-OH is 1. The molecule has 1 aliphatic rings. The Hall–Kier alpha value is -2.11. The first kappa shape index (κ1) is 19.6. The zero-order chi connectivity index (χ0) is 19.4. The lowest BCUT2D eigenvalue weighted by Crippen LogP contribution is -2.49. The number of ether oxygens (including phenoxy) is 1. The molecule has 6 heteroatoms. The zero-order valence-electron chi connectivity index (χ0n) is 15.3. The van der Waals surface area contributed by atoms with Gasteiger partial charge < -0.3 is 14.7 Å². The number of benzene rings is 2. The van der Waals surface area contributed by atoms with Gasteiger partial charge in [-0.25, -0.2) is 4.39 Å². The first-order chi connectivity index (χ1) is 13.0. The van der Waals surface area contributed by atoms with Gasteiger partial charge in [0.25, 0.3) is 5.91 Å². The van der Waals surface area contributed by atoms with Crippen molar-refractivity contribution in [2.75, 3.05) is 26.8 Å². The molecule has 0 spiro atoms. The average molecular weight is 392 g/mol. The second-order valence-electron chi connectivity index (χ2n) is 7.14. The molecule has 1 amide bonds. The third kappa shape index (κ3) is 4.42. The Kier molecular flexibility index (Phi) is 6.02. The van der Waals surface area contributed by atoms with E-state index in [4.69, 9.17) is 16.3 Å². The smallest absolute Gasteiger partial charge is 0.253 e. The molecule has 1 N–H and O–H groups in total. The Morgan fingerprint density at radius 2 is 2.15 bits per heavy atom. The Balaban J connectivity index is 1.79. The van der Waals surface area contributed by atoms with Gasteiger partial charge in [-0.2, -0.15) is 0 Å². The molecule has 27 heavy (non-hydrogen) atoms. The summed E-state index contributed by atoms with van der Waals surface area (Å²) in [5.41, 5.74) is 0.884. The van der Waals surface area contributed by atoms with E-state index in [1.54, 1.807) is 11.0 Å². The minimum atomic E-state index is -0.562. The van der Waals surface area contributed by atoms with Crippen LogP contribution in [0.2, 0.25) is 5.02 Å². The van der Waals surface area contributed by atoms with E-state index in [0.29, 0.717) is 24.5 Å². The Morgan fingerprint density at radius 3 is 2.81 bits per heavy atom. The van der Waals surface area contributed by atoms with Crippen LogP contribution < -0.4 is 4.74 Å². The van der Waals surface area contributed by atoms with Gasteiger partial charge in [0.2, 0.25) is 0 Å². The number of hydrogen-bond acceptors (Lipinski definition) is 3. The third-order valence-electron chi connectivity index (χ3n) is 5.15. The van der Waals surface area contributed by atoms with Gasteiger partial charge in [-0.15, -0.1) is 0 Å². The summed E-state index contributed by atoms with van der Waals surface area (Å²) in [6, 6.07) is 11.8. The Labute approximate surface area is 163 Å². The van der Waals surface area contributed by atoms with Crippen LogP contribution in [-0.2, 0) is 6.42 Å². The predicted octanol–water partition coefficient (Wildman–Crippen LogP) is 3.95. The number of methoxy groups -OCH3 is 1. The van der Waals surface area contributed by atoms with Gasteiger partial charge in [0.15, 0.2) is 11.6 Å². The number of halogens is 2. The van der Waals surface area contributed by atoms with Gasteiger partial charge in [0.05, 0.1) is 13.7 Å². The van der Waals surface area contributed by atoms with Crippen LogP contribution in [0.4, 0.5) is 4.39 Å². The fraction of sp³-hybridized carbons (Fsp3) is 0.381. The molecule has 0 bridgehead atoms. The molecule has 0 saturated carbocycles. The summed E-state index contributed by atoms with van der Waals surface area (Å²) in [5, 5.41) is 10.8. The van der Waals surface area contributed by atoms with E-state index in [1.807, 2.05) is 24.3 Å². The van der Waals surface area contributed by atoms with E-state index in [0.717, 1.165) is 18.4 Å². The highest BCUT2D eigenvalue weighted by atomic mass is 35.5. The summed E-state index contributed by atoms with van der Waals surface area (Å²) in [6.45, 7) is 0.979. The van der Waals surface area contributed by atoms with Gasteiger partial charge in [-0.05, 0) is 55.2 Å². The number of carbonyl (C=O) groups is 1. The maximum Gasteiger partial charge on any atom is 0.253 e. The van der Waals surface area contributed by atoms with Crippen molar-refractivity contribution in [1.29, 1.82) is 0 Å². The highest BCUT2D eigenvalue weighted by Crippen LogP contribution is 2.34. The number of aliphatic hydroxyl groups is 1. The summed E-state index contributed by atoms with van der Waals surface area (Å²) < 4.78 is 18.9. The first-order valence-corrected chi connectivity index (χ1v) is 9.32. The largest absolute Gasteiger partial charge is 0.494 e.